The van der Waals surface area contributed by atoms with E-state index in [-0.39, 0.29) is 5.92 Å². The van der Waals surface area contributed by atoms with Gasteiger partial charge >= 0.3 is 0 Å². The molecule has 0 radical (unpaired) electrons. The molecule has 0 spiro atoms. The van der Waals surface area contributed by atoms with Crippen LogP contribution in [0.2, 0.25) is 0 Å². The van der Waals surface area contributed by atoms with Crippen LogP contribution in [0, 0.1) is 11.6 Å². The summed E-state index contributed by atoms with van der Waals surface area (Å²) in [4.78, 5) is 8.86. The molecule has 1 aromatic carbocycles. The van der Waals surface area contributed by atoms with Crippen LogP contribution in [0.15, 0.2) is 22.7 Å². The Morgan fingerprint density at radius 3 is 2.48 bits per heavy atom. The van der Waals surface area contributed by atoms with E-state index in [2.05, 4.69) is 31.2 Å². The van der Waals surface area contributed by atoms with Crippen LogP contribution < -0.4 is 5.32 Å². The Balaban J connectivity index is 2.59. The number of aromatic nitrogens is 2. The number of anilines is 1. The average molecular weight is 356 g/mol. The number of benzene rings is 1. The van der Waals surface area contributed by atoms with Gasteiger partial charge < -0.3 is 5.32 Å². The first kappa shape index (κ1) is 15.8. The molecule has 0 fully saturated rings. The summed E-state index contributed by atoms with van der Waals surface area (Å²) >= 11 is 3.49. The first-order valence-corrected chi connectivity index (χ1v) is 7.50. The minimum atomic E-state index is -0.907. The Labute approximate surface area is 131 Å². The number of halogens is 3. The number of nitrogens with zero attached hydrogens (tertiary/aromatic N) is 2. The standard InChI is InChI=1S/C15H16BrF2N3/c1-4-19-15-12(16)13(8(2)3)20-14(21-15)9-5-6-10(17)11(18)7-9/h5-8H,4H2,1-3H3,(H,19,20,21). The van der Waals surface area contributed by atoms with Gasteiger partial charge in [-0.2, -0.15) is 0 Å². The molecular weight excluding hydrogens is 340 g/mol. The van der Waals surface area contributed by atoms with Gasteiger partial charge in [-0.05, 0) is 47.0 Å². The van der Waals surface area contributed by atoms with Gasteiger partial charge in [-0.1, -0.05) is 13.8 Å². The summed E-state index contributed by atoms with van der Waals surface area (Å²) in [6, 6.07) is 3.66. The van der Waals surface area contributed by atoms with Crippen LogP contribution in [0.5, 0.6) is 0 Å². The first-order valence-electron chi connectivity index (χ1n) is 6.70. The van der Waals surface area contributed by atoms with Crippen LogP contribution in [0.1, 0.15) is 32.4 Å². The molecule has 0 saturated carbocycles. The van der Waals surface area contributed by atoms with E-state index in [9.17, 15) is 8.78 Å². The van der Waals surface area contributed by atoms with Crippen molar-refractivity contribution in [2.24, 2.45) is 0 Å². The molecule has 112 valence electrons. The Hall–Kier alpha value is -1.56. The summed E-state index contributed by atoms with van der Waals surface area (Å²) < 4.78 is 27.2. The van der Waals surface area contributed by atoms with Gasteiger partial charge in [0.25, 0.3) is 0 Å². The Kier molecular flexibility index (Phi) is 4.88. The number of rotatable bonds is 4. The predicted octanol–water partition coefficient (Wildman–Crippen LogP) is 4.74. The van der Waals surface area contributed by atoms with Gasteiger partial charge in [-0.25, -0.2) is 18.7 Å². The molecule has 1 aromatic heterocycles. The summed E-state index contributed by atoms with van der Waals surface area (Å²) in [6.07, 6.45) is 0. The summed E-state index contributed by atoms with van der Waals surface area (Å²) in [5, 5.41) is 3.14. The maximum Gasteiger partial charge on any atom is 0.161 e. The Morgan fingerprint density at radius 1 is 1.19 bits per heavy atom. The SMILES string of the molecule is CCNc1nc(-c2ccc(F)c(F)c2)nc(C(C)C)c1Br. The summed E-state index contributed by atoms with van der Waals surface area (Å²) in [6.45, 7) is 6.68. The predicted molar refractivity (Wildman–Crippen MR) is 83.3 cm³/mol. The quantitative estimate of drug-likeness (QED) is 0.860. The summed E-state index contributed by atoms with van der Waals surface area (Å²) in [5.41, 5.74) is 1.27. The smallest absolute Gasteiger partial charge is 0.161 e. The molecule has 1 heterocycles. The van der Waals surface area contributed by atoms with Crippen LogP contribution in [-0.4, -0.2) is 16.5 Å². The van der Waals surface area contributed by atoms with E-state index in [0.29, 0.717) is 23.8 Å². The molecule has 1 N–H and O–H groups in total. The zero-order valence-electron chi connectivity index (χ0n) is 12.0. The second kappa shape index (κ2) is 6.47. The zero-order chi connectivity index (χ0) is 15.6. The van der Waals surface area contributed by atoms with Gasteiger partial charge in [0, 0.05) is 12.1 Å². The second-order valence-electron chi connectivity index (χ2n) is 4.91. The van der Waals surface area contributed by atoms with Gasteiger partial charge in [0.15, 0.2) is 17.5 Å². The van der Waals surface area contributed by atoms with Crippen molar-refractivity contribution in [2.45, 2.75) is 26.7 Å². The molecule has 2 rings (SSSR count). The van der Waals surface area contributed by atoms with Crippen LogP contribution in [0.25, 0.3) is 11.4 Å². The highest BCUT2D eigenvalue weighted by molar-refractivity contribution is 9.10. The molecule has 6 heteroatoms. The lowest BCUT2D eigenvalue weighted by Gasteiger charge is -2.14. The van der Waals surface area contributed by atoms with Crippen molar-refractivity contribution in [3.05, 3.63) is 40.0 Å². The minimum Gasteiger partial charge on any atom is -0.369 e. The Morgan fingerprint density at radius 2 is 1.90 bits per heavy atom. The zero-order valence-corrected chi connectivity index (χ0v) is 13.6. The van der Waals surface area contributed by atoms with Crippen molar-refractivity contribution in [1.29, 1.82) is 0 Å². The number of hydrogen-bond acceptors (Lipinski definition) is 3. The van der Waals surface area contributed by atoms with Crippen LogP contribution in [-0.2, 0) is 0 Å². The fraction of sp³-hybridized carbons (Fsp3) is 0.333. The lowest BCUT2D eigenvalue weighted by Crippen LogP contribution is -2.07. The highest BCUT2D eigenvalue weighted by atomic mass is 79.9. The minimum absolute atomic E-state index is 0.170. The molecule has 0 unspecified atom stereocenters. The largest absolute Gasteiger partial charge is 0.369 e. The van der Waals surface area contributed by atoms with Gasteiger partial charge in [0.2, 0.25) is 0 Å². The summed E-state index contributed by atoms with van der Waals surface area (Å²) in [7, 11) is 0. The first-order chi connectivity index (χ1) is 9.93. The molecule has 0 aliphatic carbocycles. The van der Waals surface area contributed by atoms with Crippen LogP contribution in [0.3, 0.4) is 0 Å². The van der Waals surface area contributed by atoms with E-state index < -0.39 is 11.6 Å². The molecule has 21 heavy (non-hydrogen) atoms. The molecule has 2 aromatic rings. The Bertz CT molecular complexity index is 660. The van der Waals surface area contributed by atoms with Gasteiger partial charge in [-0.3, -0.25) is 0 Å². The third kappa shape index (κ3) is 3.37. The molecule has 0 atom stereocenters. The maximum absolute atomic E-state index is 13.4. The van der Waals surface area contributed by atoms with Crippen molar-refractivity contribution >= 4 is 21.7 Å². The molecule has 0 aliphatic rings. The van der Waals surface area contributed by atoms with Gasteiger partial charge in [0.1, 0.15) is 5.82 Å². The molecule has 0 aliphatic heterocycles. The lowest BCUT2D eigenvalue weighted by molar-refractivity contribution is 0.509. The third-order valence-corrected chi connectivity index (χ3v) is 3.73. The van der Waals surface area contributed by atoms with E-state index in [1.165, 1.54) is 6.07 Å². The molecule has 3 nitrogen and oxygen atoms in total. The number of nitrogens with one attached hydrogen (secondary N) is 1. The van der Waals surface area contributed by atoms with E-state index >= 15 is 0 Å². The van der Waals surface area contributed by atoms with E-state index in [4.69, 9.17) is 0 Å². The fourth-order valence-corrected chi connectivity index (χ4v) is 2.67. The van der Waals surface area contributed by atoms with Crippen molar-refractivity contribution in [3.8, 4) is 11.4 Å². The summed E-state index contributed by atoms with van der Waals surface area (Å²) in [5.74, 6) is -0.599. The van der Waals surface area contributed by atoms with Crippen LogP contribution in [0.4, 0.5) is 14.6 Å². The molecular formula is C15H16BrF2N3. The normalized spacial score (nSPS) is 11.0. The third-order valence-electron chi connectivity index (χ3n) is 2.95. The topological polar surface area (TPSA) is 37.8 Å². The highest BCUT2D eigenvalue weighted by Crippen LogP contribution is 2.31. The number of hydrogen-bond donors (Lipinski definition) is 1. The molecule has 0 saturated heterocycles. The van der Waals surface area contributed by atoms with Gasteiger partial charge in [-0.15, -0.1) is 0 Å². The molecule has 0 bridgehead atoms. The van der Waals surface area contributed by atoms with Crippen molar-refractivity contribution in [2.75, 3.05) is 11.9 Å². The van der Waals surface area contributed by atoms with Crippen LogP contribution >= 0.6 is 15.9 Å². The monoisotopic (exact) mass is 355 g/mol. The maximum atomic E-state index is 13.4. The lowest BCUT2D eigenvalue weighted by atomic mass is 10.1. The van der Waals surface area contributed by atoms with E-state index in [1.54, 1.807) is 0 Å². The second-order valence-corrected chi connectivity index (χ2v) is 5.70. The van der Waals surface area contributed by atoms with Gasteiger partial charge in [0.05, 0.1) is 10.2 Å². The van der Waals surface area contributed by atoms with E-state index in [0.717, 1.165) is 22.3 Å². The van der Waals surface area contributed by atoms with E-state index in [1.807, 2.05) is 20.8 Å². The fourth-order valence-electron chi connectivity index (χ4n) is 1.90. The van der Waals surface area contributed by atoms with Crippen molar-refractivity contribution in [3.63, 3.8) is 0 Å². The highest BCUT2D eigenvalue weighted by Gasteiger charge is 2.16. The average Bonchev–Trinajstić information content (AvgIpc) is 2.44. The van der Waals surface area contributed by atoms with Crippen molar-refractivity contribution < 1.29 is 8.78 Å². The van der Waals surface area contributed by atoms with Crippen molar-refractivity contribution in [1.82, 2.24) is 9.97 Å². The molecule has 0 amide bonds.